The third kappa shape index (κ3) is 3.90. The van der Waals surface area contributed by atoms with Crippen molar-refractivity contribution in [1.29, 1.82) is 0 Å². The predicted molar refractivity (Wildman–Crippen MR) is 86.2 cm³/mol. The van der Waals surface area contributed by atoms with Crippen LogP contribution in [0.3, 0.4) is 0 Å². The lowest BCUT2D eigenvalue weighted by Gasteiger charge is -2.23. The summed E-state index contributed by atoms with van der Waals surface area (Å²) in [5.74, 6) is -0.313. The Kier molecular flexibility index (Phi) is 5.24. The van der Waals surface area contributed by atoms with Gasteiger partial charge < -0.3 is 10.2 Å². The van der Waals surface area contributed by atoms with E-state index in [-0.39, 0.29) is 23.2 Å². The van der Waals surface area contributed by atoms with Crippen LogP contribution in [0.2, 0.25) is 0 Å². The van der Waals surface area contributed by atoms with Crippen LogP contribution in [0.1, 0.15) is 21.3 Å². The van der Waals surface area contributed by atoms with Crippen LogP contribution in [0.4, 0.5) is 5.69 Å². The molecule has 1 amide bonds. The van der Waals surface area contributed by atoms with Crippen molar-refractivity contribution in [2.75, 3.05) is 20.6 Å². The number of amides is 1. The molecule has 6 nitrogen and oxygen atoms in total. The highest BCUT2D eigenvalue weighted by Crippen LogP contribution is 2.22. The molecule has 1 aromatic carbocycles. The first-order valence-corrected chi connectivity index (χ1v) is 7.59. The number of benzene rings is 1. The van der Waals surface area contributed by atoms with Gasteiger partial charge in [0.1, 0.15) is 0 Å². The van der Waals surface area contributed by atoms with Gasteiger partial charge in [-0.05, 0) is 31.6 Å². The lowest BCUT2D eigenvalue weighted by Crippen LogP contribution is -2.34. The quantitative estimate of drug-likeness (QED) is 0.656. The van der Waals surface area contributed by atoms with Crippen molar-refractivity contribution in [3.05, 3.63) is 62.3 Å². The summed E-state index contributed by atoms with van der Waals surface area (Å²) in [5.41, 5.74) is 0.202. The molecule has 1 aromatic heterocycles. The molecule has 0 aliphatic rings. The van der Waals surface area contributed by atoms with Crippen LogP contribution in [-0.4, -0.2) is 36.4 Å². The average Bonchev–Trinajstić information content (AvgIpc) is 3.01. The lowest BCUT2D eigenvalue weighted by molar-refractivity contribution is -0.384. The Morgan fingerprint density at radius 2 is 2.14 bits per heavy atom. The second-order valence-corrected chi connectivity index (χ2v) is 5.99. The molecule has 2 aromatic rings. The maximum Gasteiger partial charge on any atom is 0.270 e. The fourth-order valence-corrected chi connectivity index (χ4v) is 2.99. The van der Waals surface area contributed by atoms with E-state index in [1.807, 2.05) is 36.5 Å². The van der Waals surface area contributed by atoms with E-state index in [2.05, 4.69) is 5.32 Å². The van der Waals surface area contributed by atoms with Gasteiger partial charge in [-0.2, -0.15) is 0 Å². The first-order chi connectivity index (χ1) is 10.5. The molecule has 0 bridgehead atoms. The summed E-state index contributed by atoms with van der Waals surface area (Å²) in [6.45, 7) is 0.440. The third-order valence-corrected chi connectivity index (χ3v) is 4.24. The molecule has 116 valence electrons. The van der Waals surface area contributed by atoms with E-state index in [0.717, 1.165) is 4.88 Å². The van der Waals surface area contributed by atoms with Crippen LogP contribution in [0.15, 0.2) is 41.8 Å². The van der Waals surface area contributed by atoms with E-state index in [1.165, 1.54) is 18.2 Å². The maximum absolute atomic E-state index is 12.2. The van der Waals surface area contributed by atoms with Crippen molar-refractivity contribution in [3.63, 3.8) is 0 Å². The zero-order valence-electron chi connectivity index (χ0n) is 12.4. The summed E-state index contributed by atoms with van der Waals surface area (Å²) in [6, 6.07) is 9.79. The molecule has 0 aliphatic carbocycles. The van der Waals surface area contributed by atoms with Crippen molar-refractivity contribution >= 4 is 22.9 Å². The zero-order chi connectivity index (χ0) is 16.1. The number of carbonyl (C=O) groups is 1. The van der Waals surface area contributed by atoms with Gasteiger partial charge in [-0.1, -0.05) is 12.1 Å². The second-order valence-electron chi connectivity index (χ2n) is 5.01. The third-order valence-electron chi connectivity index (χ3n) is 3.27. The molecule has 0 aliphatic heterocycles. The van der Waals surface area contributed by atoms with Crippen molar-refractivity contribution in [2.45, 2.75) is 6.04 Å². The summed E-state index contributed by atoms with van der Waals surface area (Å²) in [5, 5.41) is 15.6. The number of hydrogen-bond donors (Lipinski definition) is 1. The van der Waals surface area contributed by atoms with Gasteiger partial charge in [0.2, 0.25) is 0 Å². The van der Waals surface area contributed by atoms with Gasteiger partial charge in [-0.3, -0.25) is 14.9 Å². The van der Waals surface area contributed by atoms with E-state index in [1.54, 1.807) is 17.4 Å². The molecule has 1 N–H and O–H groups in total. The summed E-state index contributed by atoms with van der Waals surface area (Å²) >= 11 is 1.63. The Balaban J connectivity index is 2.05. The van der Waals surface area contributed by atoms with E-state index < -0.39 is 4.92 Å². The highest BCUT2D eigenvalue weighted by Gasteiger charge is 2.17. The average molecular weight is 319 g/mol. The Morgan fingerprint density at radius 1 is 1.36 bits per heavy atom. The van der Waals surface area contributed by atoms with Crippen LogP contribution in [-0.2, 0) is 0 Å². The number of nitro benzene ring substituents is 1. The minimum absolute atomic E-state index is 0.0719. The summed E-state index contributed by atoms with van der Waals surface area (Å²) in [7, 11) is 3.90. The standard InChI is InChI=1S/C15H17N3O3S/c1-17(2)13(14-7-4-8-22-14)10-16-15(19)11-5-3-6-12(9-11)18(20)21/h3-9,13H,10H2,1-2H3,(H,16,19)/t13-/m0/s1. The van der Waals surface area contributed by atoms with E-state index in [0.29, 0.717) is 6.54 Å². The molecule has 1 atom stereocenters. The van der Waals surface area contributed by atoms with Gasteiger partial charge in [-0.15, -0.1) is 11.3 Å². The first-order valence-electron chi connectivity index (χ1n) is 6.71. The van der Waals surface area contributed by atoms with Crippen molar-refractivity contribution in [2.24, 2.45) is 0 Å². The first kappa shape index (κ1) is 16.1. The van der Waals surface area contributed by atoms with Crippen LogP contribution < -0.4 is 5.32 Å². The minimum atomic E-state index is -0.509. The number of likely N-dealkylation sites (N-methyl/N-ethyl adjacent to an activating group) is 1. The number of thiophene rings is 1. The zero-order valence-corrected chi connectivity index (χ0v) is 13.2. The number of non-ortho nitro benzene ring substituents is 1. The Hall–Kier alpha value is -2.25. The topological polar surface area (TPSA) is 75.5 Å². The number of carbonyl (C=O) groups excluding carboxylic acids is 1. The van der Waals surface area contributed by atoms with Crippen LogP contribution in [0.25, 0.3) is 0 Å². The van der Waals surface area contributed by atoms with Crippen molar-refractivity contribution in [1.82, 2.24) is 10.2 Å². The largest absolute Gasteiger partial charge is 0.350 e. The van der Waals surface area contributed by atoms with Crippen molar-refractivity contribution in [3.8, 4) is 0 Å². The smallest absolute Gasteiger partial charge is 0.270 e. The van der Waals surface area contributed by atoms with Gasteiger partial charge >= 0.3 is 0 Å². The highest BCUT2D eigenvalue weighted by molar-refractivity contribution is 7.10. The Bertz CT molecular complexity index is 656. The van der Waals surface area contributed by atoms with E-state index in [4.69, 9.17) is 0 Å². The SMILES string of the molecule is CN(C)[C@@H](CNC(=O)c1cccc([N+](=O)[O-])c1)c1cccs1. The van der Waals surface area contributed by atoms with Gasteiger partial charge in [0.15, 0.2) is 0 Å². The summed E-state index contributed by atoms with van der Waals surface area (Å²) in [4.78, 5) is 25.6. The second kappa shape index (κ2) is 7.15. The van der Waals surface area contributed by atoms with Crippen molar-refractivity contribution < 1.29 is 9.72 Å². The minimum Gasteiger partial charge on any atom is -0.350 e. The number of hydrogen-bond acceptors (Lipinski definition) is 5. The Labute approximate surface area is 132 Å². The molecule has 22 heavy (non-hydrogen) atoms. The fourth-order valence-electron chi connectivity index (χ4n) is 2.07. The van der Waals surface area contributed by atoms with E-state index >= 15 is 0 Å². The molecular weight excluding hydrogens is 302 g/mol. The molecule has 0 saturated carbocycles. The predicted octanol–water partition coefficient (Wildman–Crippen LogP) is 2.69. The Morgan fingerprint density at radius 3 is 2.73 bits per heavy atom. The van der Waals surface area contributed by atoms with Gasteiger partial charge in [0, 0.05) is 29.1 Å². The molecular formula is C15H17N3O3S. The monoisotopic (exact) mass is 319 g/mol. The molecule has 7 heteroatoms. The number of rotatable bonds is 6. The highest BCUT2D eigenvalue weighted by atomic mass is 32.1. The number of nitrogens with one attached hydrogen (secondary N) is 1. The maximum atomic E-state index is 12.2. The number of nitro groups is 1. The van der Waals surface area contributed by atoms with Crippen LogP contribution in [0, 0.1) is 10.1 Å². The molecule has 0 spiro atoms. The van der Waals surface area contributed by atoms with Gasteiger partial charge in [-0.25, -0.2) is 0 Å². The van der Waals surface area contributed by atoms with E-state index in [9.17, 15) is 14.9 Å². The summed E-state index contributed by atoms with van der Waals surface area (Å²) in [6.07, 6.45) is 0. The van der Waals surface area contributed by atoms with Gasteiger partial charge in [0.05, 0.1) is 11.0 Å². The fraction of sp³-hybridized carbons (Fsp3) is 0.267. The van der Waals surface area contributed by atoms with Crippen LogP contribution in [0.5, 0.6) is 0 Å². The van der Waals surface area contributed by atoms with Gasteiger partial charge in [0.25, 0.3) is 11.6 Å². The number of nitrogens with zero attached hydrogens (tertiary/aromatic N) is 2. The molecule has 2 rings (SSSR count). The lowest BCUT2D eigenvalue weighted by atomic mass is 10.1. The molecule has 0 saturated heterocycles. The molecule has 0 unspecified atom stereocenters. The summed E-state index contributed by atoms with van der Waals surface area (Å²) < 4.78 is 0. The van der Waals surface area contributed by atoms with Crippen LogP contribution >= 0.6 is 11.3 Å². The molecule has 1 heterocycles. The molecule has 0 fully saturated rings. The molecule has 0 radical (unpaired) electrons. The normalized spacial score (nSPS) is 12.1.